The van der Waals surface area contributed by atoms with E-state index >= 15 is 0 Å². The van der Waals surface area contributed by atoms with Gasteiger partial charge in [-0.05, 0) is 37.3 Å². The van der Waals surface area contributed by atoms with Gasteiger partial charge < -0.3 is 9.84 Å². The van der Waals surface area contributed by atoms with E-state index < -0.39 is 11.9 Å². The Bertz CT molecular complexity index is 905. The molecule has 0 aliphatic rings. The van der Waals surface area contributed by atoms with E-state index in [1.807, 2.05) is 25.1 Å². The van der Waals surface area contributed by atoms with Crippen LogP contribution in [0.1, 0.15) is 27.8 Å². The van der Waals surface area contributed by atoms with Crippen LogP contribution in [0.2, 0.25) is 0 Å². The molecule has 0 fully saturated rings. The fourth-order valence-electron chi connectivity index (χ4n) is 2.03. The molecule has 2 aromatic heterocycles. The molecule has 0 radical (unpaired) electrons. The number of pyridine rings is 1. The number of aromatic nitrogens is 2. The van der Waals surface area contributed by atoms with Crippen molar-refractivity contribution in [2.24, 2.45) is 0 Å². The summed E-state index contributed by atoms with van der Waals surface area (Å²) in [6.07, 6.45) is 1.14. The molecule has 7 nitrogen and oxygen atoms in total. The standard InChI is InChI=1S/C16H13N3O4S/c1-2-23-10-4-6-11-13(7-10)24-16(18-11)19-14(20)12-5-3-9(8-17-12)15(21)22/h3-8H,2H2,1H3,(H,21,22)(H,18,19,20). The lowest BCUT2D eigenvalue weighted by Crippen LogP contribution is -2.13. The summed E-state index contributed by atoms with van der Waals surface area (Å²) in [5.74, 6) is -0.792. The minimum atomic E-state index is -1.09. The van der Waals surface area contributed by atoms with Crippen LogP contribution in [-0.2, 0) is 0 Å². The number of carboxylic acid groups (broad SMARTS) is 1. The van der Waals surface area contributed by atoms with Crippen molar-refractivity contribution in [2.75, 3.05) is 11.9 Å². The largest absolute Gasteiger partial charge is 0.494 e. The molecule has 2 heterocycles. The number of amides is 1. The summed E-state index contributed by atoms with van der Waals surface area (Å²) >= 11 is 1.32. The highest BCUT2D eigenvalue weighted by Gasteiger charge is 2.12. The van der Waals surface area contributed by atoms with Crippen LogP contribution in [0.5, 0.6) is 5.75 Å². The lowest BCUT2D eigenvalue weighted by atomic mass is 10.2. The lowest BCUT2D eigenvalue weighted by molar-refractivity contribution is 0.0695. The van der Waals surface area contributed by atoms with Crippen LogP contribution >= 0.6 is 11.3 Å². The molecule has 0 saturated carbocycles. The highest BCUT2D eigenvalue weighted by atomic mass is 32.1. The van der Waals surface area contributed by atoms with Crippen LogP contribution in [0.3, 0.4) is 0 Å². The molecule has 1 amide bonds. The number of rotatable bonds is 5. The van der Waals surface area contributed by atoms with Gasteiger partial charge in [0.15, 0.2) is 5.13 Å². The summed E-state index contributed by atoms with van der Waals surface area (Å²) in [7, 11) is 0. The summed E-state index contributed by atoms with van der Waals surface area (Å²) < 4.78 is 6.33. The average Bonchev–Trinajstić information content (AvgIpc) is 2.96. The van der Waals surface area contributed by atoms with Crippen molar-refractivity contribution in [1.82, 2.24) is 9.97 Å². The number of carbonyl (C=O) groups is 2. The van der Waals surface area contributed by atoms with E-state index in [4.69, 9.17) is 9.84 Å². The van der Waals surface area contributed by atoms with E-state index in [1.54, 1.807) is 0 Å². The van der Waals surface area contributed by atoms with Gasteiger partial charge in [0.1, 0.15) is 11.4 Å². The number of benzene rings is 1. The number of carboxylic acids is 1. The Labute approximate surface area is 140 Å². The molecule has 122 valence electrons. The maximum atomic E-state index is 12.2. The fourth-order valence-corrected chi connectivity index (χ4v) is 2.92. The monoisotopic (exact) mass is 343 g/mol. The number of aromatic carboxylic acids is 1. The number of carbonyl (C=O) groups excluding carboxylic acids is 1. The SMILES string of the molecule is CCOc1ccc2nc(NC(=O)c3ccc(C(=O)O)cn3)sc2c1. The molecule has 0 aliphatic carbocycles. The van der Waals surface area contributed by atoms with E-state index in [0.717, 1.165) is 22.2 Å². The quantitative estimate of drug-likeness (QED) is 0.738. The second kappa shape index (κ2) is 6.63. The number of nitrogens with one attached hydrogen (secondary N) is 1. The van der Waals surface area contributed by atoms with Gasteiger partial charge in [0, 0.05) is 6.20 Å². The van der Waals surface area contributed by atoms with Crippen molar-refractivity contribution in [3.8, 4) is 5.75 Å². The van der Waals surface area contributed by atoms with Gasteiger partial charge in [-0.1, -0.05) is 11.3 Å². The van der Waals surface area contributed by atoms with Gasteiger partial charge >= 0.3 is 5.97 Å². The van der Waals surface area contributed by atoms with Gasteiger partial charge in [-0.2, -0.15) is 0 Å². The summed E-state index contributed by atoms with van der Waals surface area (Å²) in [5, 5.41) is 11.9. The molecule has 3 aromatic rings. The van der Waals surface area contributed by atoms with E-state index in [9.17, 15) is 9.59 Å². The van der Waals surface area contributed by atoms with Gasteiger partial charge in [0.25, 0.3) is 5.91 Å². The first-order valence-electron chi connectivity index (χ1n) is 7.11. The van der Waals surface area contributed by atoms with Crippen LogP contribution in [0.25, 0.3) is 10.2 Å². The van der Waals surface area contributed by atoms with Crippen molar-refractivity contribution in [3.63, 3.8) is 0 Å². The van der Waals surface area contributed by atoms with Gasteiger partial charge in [0.2, 0.25) is 0 Å². The van der Waals surface area contributed by atoms with Gasteiger partial charge in [-0.3, -0.25) is 15.1 Å². The molecule has 24 heavy (non-hydrogen) atoms. The summed E-state index contributed by atoms with van der Waals surface area (Å²) in [4.78, 5) is 31.1. The zero-order chi connectivity index (χ0) is 17.1. The summed E-state index contributed by atoms with van der Waals surface area (Å²) in [6, 6.07) is 8.21. The van der Waals surface area contributed by atoms with Crippen LogP contribution in [0.15, 0.2) is 36.5 Å². The van der Waals surface area contributed by atoms with Crippen LogP contribution in [-0.4, -0.2) is 33.6 Å². The molecule has 0 bridgehead atoms. The number of thiazole rings is 1. The number of ether oxygens (including phenoxy) is 1. The molecule has 0 aliphatic heterocycles. The van der Waals surface area contributed by atoms with Crippen LogP contribution < -0.4 is 10.1 Å². The fraction of sp³-hybridized carbons (Fsp3) is 0.125. The van der Waals surface area contributed by atoms with Crippen molar-refractivity contribution in [1.29, 1.82) is 0 Å². The zero-order valence-electron chi connectivity index (χ0n) is 12.6. The second-order valence-electron chi connectivity index (χ2n) is 4.77. The molecule has 0 atom stereocenters. The highest BCUT2D eigenvalue weighted by molar-refractivity contribution is 7.22. The Hall–Kier alpha value is -3.00. The van der Waals surface area contributed by atoms with Crippen molar-refractivity contribution in [2.45, 2.75) is 6.92 Å². The first kappa shape index (κ1) is 15.9. The molecule has 1 aromatic carbocycles. The summed E-state index contributed by atoms with van der Waals surface area (Å²) in [6.45, 7) is 2.48. The number of fused-ring (bicyclic) bond motifs is 1. The molecule has 3 rings (SSSR count). The Morgan fingerprint density at radius 3 is 2.79 bits per heavy atom. The molecular formula is C16H13N3O4S. The average molecular weight is 343 g/mol. The van der Waals surface area contributed by atoms with Crippen LogP contribution in [0.4, 0.5) is 5.13 Å². The molecular weight excluding hydrogens is 330 g/mol. The van der Waals surface area contributed by atoms with E-state index in [0.29, 0.717) is 11.7 Å². The third kappa shape index (κ3) is 3.33. The maximum absolute atomic E-state index is 12.2. The van der Waals surface area contributed by atoms with Crippen molar-refractivity contribution in [3.05, 3.63) is 47.8 Å². The third-order valence-corrected chi connectivity index (χ3v) is 4.07. The Kier molecular flexibility index (Phi) is 4.39. The Balaban J connectivity index is 1.78. The predicted octanol–water partition coefficient (Wildman–Crippen LogP) is 3.04. The zero-order valence-corrected chi connectivity index (χ0v) is 13.5. The molecule has 8 heteroatoms. The first-order valence-corrected chi connectivity index (χ1v) is 7.92. The first-order chi connectivity index (χ1) is 11.6. The van der Waals surface area contributed by atoms with Gasteiger partial charge in [0.05, 0.1) is 22.4 Å². The Morgan fingerprint density at radius 1 is 1.29 bits per heavy atom. The van der Waals surface area contributed by atoms with E-state index in [2.05, 4.69) is 15.3 Å². The third-order valence-electron chi connectivity index (χ3n) is 3.13. The minimum Gasteiger partial charge on any atom is -0.494 e. The number of hydrogen-bond acceptors (Lipinski definition) is 6. The van der Waals surface area contributed by atoms with Crippen LogP contribution in [0, 0.1) is 0 Å². The maximum Gasteiger partial charge on any atom is 0.337 e. The molecule has 0 spiro atoms. The lowest BCUT2D eigenvalue weighted by Gasteiger charge is -2.01. The number of anilines is 1. The highest BCUT2D eigenvalue weighted by Crippen LogP contribution is 2.29. The predicted molar refractivity (Wildman–Crippen MR) is 89.9 cm³/mol. The number of hydrogen-bond donors (Lipinski definition) is 2. The molecule has 0 unspecified atom stereocenters. The second-order valence-corrected chi connectivity index (χ2v) is 5.80. The normalized spacial score (nSPS) is 10.5. The number of nitrogens with zero attached hydrogens (tertiary/aromatic N) is 2. The minimum absolute atomic E-state index is 0.0231. The van der Waals surface area contributed by atoms with E-state index in [-0.39, 0.29) is 11.3 Å². The van der Waals surface area contributed by atoms with Crippen molar-refractivity contribution < 1.29 is 19.4 Å². The summed E-state index contributed by atoms with van der Waals surface area (Å²) in [5.41, 5.74) is 0.900. The smallest absolute Gasteiger partial charge is 0.337 e. The van der Waals surface area contributed by atoms with E-state index in [1.165, 1.54) is 23.5 Å². The van der Waals surface area contributed by atoms with Gasteiger partial charge in [-0.15, -0.1) is 0 Å². The van der Waals surface area contributed by atoms with Crippen molar-refractivity contribution >= 4 is 38.6 Å². The Morgan fingerprint density at radius 2 is 2.12 bits per heavy atom. The molecule has 0 saturated heterocycles. The van der Waals surface area contributed by atoms with Gasteiger partial charge in [-0.25, -0.2) is 9.78 Å². The topological polar surface area (TPSA) is 101 Å². The molecule has 2 N–H and O–H groups in total.